The van der Waals surface area contributed by atoms with E-state index in [0.29, 0.717) is 13.0 Å². The van der Waals surface area contributed by atoms with Crippen LogP contribution in [0.15, 0.2) is 0 Å². The molecular weight excluding hydrogens is 326 g/mol. The van der Waals surface area contributed by atoms with Crippen LogP contribution in [0.2, 0.25) is 0 Å². The Balaban J connectivity index is 1.23. The first-order valence-electron chi connectivity index (χ1n) is 11.0. The lowest BCUT2D eigenvalue weighted by atomic mass is 9.79. The molecule has 3 rings (SSSR count). The van der Waals surface area contributed by atoms with Gasteiger partial charge in [0.2, 0.25) is 0 Å². The minimum Gasteiger partial charge on any atom is -0.464 e. The third-order valence-electron chi connectivity index (χ3n) is 6.81. The highest BCUT2D eigenvalue weighted by Crippen LogP contribution is 2.32. The van der Waals surface area contributed by atoms with E-state index in [-0.39, 0.29) is 5.97 Å². The van der Waals surface area contributed by atoms with Crippen LogP contribution in [0.3, 0.4) is 0 Å². The van der Waals surface area contributed by atoms with Crippen molar-refractivity contribution in [2.45, 2.75) is 51.4 Å². The van der Waals surface area contributed by atoms with Crippen molar-refractivity contribution in [3.05, 3.63) is 0 Å². The van der Waals surface area contributed by atoms with Gasteiger partial charge in [-0.1, -0.05) is 6.42 Å². The number of carbonyl (C=O) groups is 1. The molecule has 3 saturated heterocycles. The van der Waals surface area contributed by atoms with Gasteiger partial charge < -0.3 is 14.5 Å². The minimum atomic E-state index is -0.0144. The average molecular weight is 366 g/mol. The van der Waals surface area contributed by atoms with Gasteiger partial charge >= 0.3 is 5.97 Å². The van der Waals surface area contributed by atoms with Crippen molar-refractivity contribution >= 4 is 5.97 Å². The van der Waals surface area contributed by atoms with Gasteiger partial charge in [0.15, 0.2) is 0 Å². The summed E-state index contributed by atoms with van der Waals surface area (Å²) in [4.78, 5) is 19.3. The van der Waals surface area contributed by atoms with Crippen LogP contribution in [0.1, 0.15) is 51.4 Å². The predicted octanol–water partition coefficient (Wildman–Crippen LogP) is 2.46. The molecule has 3 aliphatic rings. The van der Waals surface area contributed by atoms with E-state index in [4.69, 9.17) is 4.74 Å². The average Bonchev–Trinajstić information content (AvgIpc) is 2.68. The van der Waals surface area contributed by atoms with Gasteiger partial charge in [-0.15, -0.1) is 0 Å². The molecule has 0 spiro atoms. The minimum absolute atomic E-state index is 0.0144. The summed E-state index contributed by atoms with van der Waals surface area (Å²) in [6, 6.07) is 0. The van der Waals surface area contributed by atoms with Gasteiger partial charge in [0, 0.05) is 13.1 Å². The van der Waals surface area contributed by atoms with Crippen molar-refractivity contribution in [2.24, 2.45) is 11.8 Å². The molecule has 0 radical (unpaired) electrons. The summed E-state index contributed by atoms with van der Waals surface area (Å²) in [6.07, 6.45) is 9.89. The van der Waals surface area contributed by atoms with Crippen molar-refractivity contribution in [1.82, 2.24) is 14.7 Å². The van der Waals surface area contributed by atoms with Crippen molar-refractivity contribution in [1.29, 1.82) is 0 Å². The second kappa shape index (κ2) is 10.6. The van der Waals surface area contributed by atoms with E-state index in [0.717, 1.165) is 38.0 Å². The van der Waals surface area contributed by atoms with Gasteiger partial charge in [0.1, 0.15) is 6.61 Å². The number of carbonyl (C=O) groups excluding carboxylic acids is 1. The number of ether oxygens (including phenoxy) is 1. The predicted molar refractivity (Wildman–Crippen MR) is 105 cm³/mol. The Morgan fingerprint density at radius 3 is 2.04 bits per heavy atom. The van der Waals surface area contributed by atoms with Crippen molar-refractivity contribution < 1.29 is 9.53 Å². The summed E-state index contributed by atoms with van der Waals surface area (Å²) < 4.78 is 5.45. The summed E-state index contributed by atoms with van der Waals surface area (Å²) in [7, 11) is 2.24. The van der Waals surface area contributed by atoms with Crippen LogP contribution in [-0.4, -0.2) is 86.7 Å². The van der Waals surface area contributed by atoms with Crippen LogP contribution in [0.4, 0.5) is 0 Å². The number of nitrogens with zero attached hydrogens (tertiary/aromatic N) is 3. The molecule has 3 aliphatic heterocycles. The van der Waals surface area contributed by atoms with Gasteiger partial charge in [-0.2, -0.15) is 0 Å². The van der Waals surface area contributed by atoms with Crippen LogP contribution in [0, 0.1) is 11.8 Å². The van der Waals surface area contributed by atoms with E-state index in [2.05, 4.69) is 21.7 Å². The van der Waals surface area contributed by atoms with Crippen molar-refractivity contribution in [3.8, 4) is 0 Å². The lowest BCUT2D eigenvalue weighted by Crippen LogP contribution is -2.40. The molecular formula is C21H39N3O2. The smallest absolute Gasteiger partial charge is 0.307 e. The molecule has 0 aromatic carbocycles. The molecule has 0 bridgehead atoms. The number of rotatable bonds is 7. The maximum absolute atomic E-state index is 12.0. The Morgan fingerprint density at radius 1 is 0.808 bits per heavy atom. The third kappa shape index (κ3) is 6.50. The number of hydrogen-bond acceptors (Lipinski definition) is 5. The van der Waals surface area contributed by atoms with Gasteiger partial charge in [0.25, 0.3) is 0 Å². The molecule has 3 fully saturated rings. The van der Waals surface area contributed by atoms with Crippen molar-refractivity contribution in [2.75, 3.05) is 66.0 Å². The second-order valence-corrected chi connectivity index (χ2v) is 8.69. The van der Waals surface area contributed by atoms with E-state index in [1.54, 1.807) is 0 Å². The molecule has 0 aromatic heterocycles. The molecule has 3 heterocycles. The second-order valence-electron chi connectivity index (χ2n) is 8.69. The van der Waals surface area contributed by atoms with E-state index in [9.17, 15) is 4.79 Å². The molecule has 26 heavy (non-hydrogen) atoms. The lowest BCUT2D eigenvalue weighted by molar-refractivity contribution is -0.144. The van der Waals surface area contributed by atoms with Crippen LogP contribution < -0.4 is 0 Å². The maximum atomic E-state index is 12.0. The zero-order valence-corrected chi connectivity index (χ0v) is 16.8. The number of esters is 1. The topological polar surface area (TPSA) is 36.0 Å². The largest absolute Gasteiger partial charge is 0.464 e. The molecule has 0 amide bonds. The number of hydrogen-bond donors (Lipinski definition) is 0. The van der Waals surface area contributed by atoms with Gasteiger partial charge in [-0.25, -0.2) is 0 Å². The van der Waals surface area contributed by atoms with E-state index in [1.165, 1.54) is 71.1 Å². The Hall–Kier alpha value is -0.650. The zero-order valence-electron chi connectivity index (χ0n) is 16.8. The maximum Gasteiger partial charge on any atom is 0.307 e. The van der Waals surface area contributed by atoms with Gasteiger partial charge in [-0.3, -0.25) is 9.69 Å². The molecule has 5 heteroatoms. The number of likely N-dealkylation sites (tertiary alicyclic amines) is 3. The molecule has 0 aromatic rings. The summed E-state index contributed by atoms with van der Waals surface area (Å²) >= 11 is 0. The monoisotopic (exact) mass is 365 g/mol. The molecule has 0 N–H and O–H groups in total. The van der Waals surface area contributed by atoms with Crippen LogP contribution in [0.5, 0.6) is 0 Å². The van der Waals surface area contributed by atoms with Crippen molar-refractivity contribution in [3.63, 3.8) is 0 Å². The molecule has 0 saturated carbocycles. The highest BCUT2D eigenvalue weighted by molar-refractivity contribution is 5.69. The van der Waals surface area contributed by atoms with Crippen LogP contribution in [0.25, 0.3) is 0 Å². The standard InChI is InChI=1S/C21H39N3O2/c1-22-12-5-19(6-13-22)20-7-14-24(15-8-20)16-9-21(25)26-18-17-23-10-3-2-4-11-23/h19-20H,2-18H2,1H3. The molecule has 0 unspecified atom stereocenters. The molecule has 5 nitrogen and oxygen atoms in total. The number of piperidine rings is 3. The quantitative estimate of drug-likeness (QED) is 0.648. The highest BCUT2D eigenvalue weighted by atomic mass is 16.5. The zero-order chi connectivity index (χ0) is 18.2. The molecule has 150 valence electrons. The van der Waals surface area contributed by atoms with E-state index >= 15 is 0 Å². The first-order valence-corrected chi connectivity index (χ1v) is 11.0. The van der Waals surface area contributed by atoms with Gasteiger partial charge in [-0.05, 0) is 96.7 Å². The SMILES string of the molecule is CN1CCC(C2CCN(CCC(=O)OCCN3CCCCC3)CC2)CC1. The fourth-order valence-corrected chi connectivity index (χ4v) is 4.94. The van der Waals surface area contributed by atoms with Crippen LogP contribution in [-0.2, 0) is 9.53 Å². The summed E-state index contributed by atoms with van der Waals surface area (Å²) in [5, 5.41) is 0. The lowest BCUT2D eigenvalue weighted by Gasteiger charge is -2.39. The Morgan fingerprint density at radius 2 is 1.38 bits per heavy atom. The fourth-order valence-electron chi connectivity index (χ4n) is 4.94. The summed E-state index contributed by atoms with van der Waals surface area (Å²) in [5.74, 6) is 1.84. The molecule has 0 aliphatic carbocycles. The highest BCUT2D eigenvalue weighted by Gasteiger charge is 2.28. The van der Waals surface area contributed by atoms with E-state index < -0.39 is 0 Å². The Bertz CT molecular complexity index is 409. The summed E-state index contributed by atoms with van der Waals surface area (Å²) in [6.45, 7) is 9.57. The van der Waals surface area contributed by atoms with E-state index in [1.807, 2.05) is 0 Å². The fraction of sp³-hybridized carbons (Fsp3) is 0.952. The third-order valence-corrected chi connectivity index (χ3v) is 6.81. The molecule has 0 atom stereocenters. The Kier molecular flexibility index (Phi) is 8.21. The summed E-state index contributed by atoms with van der Waals surface area (Å²) in [5.41, 5.74) is 0. The van der Waals surface area contributed by atoms with Gasteiger partial charge in [0.05, 0.1) is 6.42 Å². The Labute approximate surface area is 160 Å². The van der Waals surface area contributed by atoms with Crippen LogP contribution >= 0.6 is 0 Å². The first-order chi connectivity index (χ1) is 12.7. The first kappa shape index (κ1) is 20.1. The normalized spacial score (nSPS) is 25.4.